The molecule has 12 nitrogen and oxygen atoms in total. The van der Waals surface area contributed by atoms with Gasteiger partial charge in [0.1, 0.15) is 5.41 Å². The van der Waals surface area contributed by atoms with Crippen molar-refractivity contribution in [1.82, 2.24) is 0 Å². The topological polar surface area (TPSA) is 242 Å². The summed E-state index contributed by atoms with van der Waals surface area (Å²) in [6, 6.07) is 0. The molecule has 132 valence electrons. The molecule has 0 fully saturated rings. The molecule has 12 heteroatoms. The van der Waals surface area contributed by atoms with Crippen LogP contribution in [0.1, 0.15) is 6.92 Å². The van der Waals surface area contributed by atoms with Gasteiger partial charge in [-0.25, -0.2) is 0 Å². The summed E-state index contributed by atoms with van der Waals surface area (Å²) in [5.41, 5.74) is 10.2. The maximum absolute atomic E-state index is 11.9. The summed E-state index contributed by atoms with van der Waals surface area (Å²) in [7, 11) is 0. The summed E-state index contributed by atoms with van der Waals surface area (Å²) in [6.07, 6.45) is 0. The Kier molecular flexibility index (Phi) is 6.19. The molecule has 4 amide bonds. The van der Waals surface area contributed by atoms with Crippen molar-refractivity contribution in [2.75, 3.05) is 19.8 Å². The molecule has 0 saturated heterocycles. The number of hydrogen-bond donors (Lipinski definition) is 7. The van der Waals surface area contributed by atoms with E-state index < -0.39 is 60.1 Å². The zero-order chi connectivity index (χ0) is 18.6. The van der Waals surface area contributed by atoms with Gasteiger partial charge in [-0.2, -0.15) is 0 Å². The highest BCUT2D eigenvalue weighted by atomic mass is 16.5. The Morgan fingerprint density at radius 1 is 0.870 bits per heavy atom. The van der Waals surface area contributed by atoms with Gasteiger partial charge in [0.15, 0.2) is 0 Å². The van der Waals surface area contributed by atoms with E-state index in [4.69, 9.17) is 27.7 Å². The van der Waals surface area contributed by atoms with Crippen LogP contribution in [0.5, 0.6) is 0 Å². The summed E-state index contributed by atoms with van der Waals surface area (Å²) >= 11 is 0. The lowest BCUT2D eigenvalue weighted by atomic mass is 9.60. The number of hydrogen-bond acceptors (Lipinski definition) is 8. The van der Waals surface area contributed by atoms with E-state index in [1.54, 1.807) is 0 Å². The largest absolute Gasteiger partial charge is 0.395 e. The Bertz CT molecular complexity index is 488. The maximum Gasteiger partial charge on any atom is 0.260 e. The first kappa shape index (κ1) is 20.7. The third-order valence-corrected chi connectivity index (χ3v) is 3.67. The molecular formula is C11H20N4O8. The first-order valence-corrected chi connectivity index (χ1v) is 6.23. The Balaban J connectivity index is 7.06. The molecule has 23 heavy (non-hydrogen) atoms. The minimum atomic E-state index is -3.59. The van der Waals surface area contributed by atoms with Crippen LogP contribution >= 0.6 is 0 Å². The van der Waals surface area contributed by atoms with Gasteiger partial charge in [0.05, 0.1) is 13.2 Å². The highest BCUT2D eigenvalue weighted by Gasteiger charge is 2.74. The van der Waals surface area contributed by atoms with E-state index in [0.29, 0.717) is 0 Å². The molecule has 0 bridgehead atoms. The fourth-order valence-electron chi connectivity index (χ4n) is 2.44. The molecule has 11 N–H and O–H groups in total. The van der Waals surface area contributed by atoms with Gasteiger partial charge >= 0.3 is 0 Å². The van der Waals surface area contributed by atoms with Crippen LogP contribution < -0.4 is 22.9 Å². The quantitative estimate of drug-likeness (QED) is 0.189. The Hall–Kier alpha value is -2.28. The number of carbonyl (C=O) groups is 4. The number of primary amides is 4. The third kappa shape index (κ3) is 2.50. The first-order chi connectivity index (χ1) is 10.5. The molecule has 0 heterocycles. The highest BCUT2D eigenvalue weighted by Crippen LogP contribution is 2.44. The van der Waals surface area contributed by atoms with Crippen LogP contribution in [0.3, 0.4) is 0 Å². The number of aliphatic hydroxyl groups excluding tert-OH is 2. The zero-order valence-electron chi connectivity index (χ0n) is 12.3. The molecular weight excluding hydrogens is 316 g/mol. The predicted octanol–water partition coefficient (Wildman–Crippen LogP) is -5.59. The fourth-order valence-corrected chi connectivity index (χ4v) is 2.44. The molecule has 0 aromatic carbocycles. The standard InChI is InChI=1S/C11H20N4O8/c1-2-23-11(7(14)20,8(15)21)9(3-16,4-17)10(22,5(12)18)6(13)19/h16-17,22H,2-4H2,1H3,(H2,12,18)(H2,13,19)(H2,14,20)(H2,15,21). The third-order valence-electron chi connectivity index (χ3n) is 3.67. The van der Waals surface area contributed by atoms with E-state index in [9.17, 15) is 34.5 Å². The van der Waals surface area contributed by atoms with Crippen molar-refractivity contribution in [3.05, 3.63) is 0 Å². The monoisotopic (exact) mass is 336 g/mol. The Morgan fingerprint density at radius 2 is 1.22 bits per heavy atom. The van der Waals surface area contributed by atoms with Gasteiger partial charge in [0.2, 0.25) is 11.2 Å². The molecule has 0 aliphatic rings. The van der Waals surface area contributed by atoms with Crippen LogP contribution in [0.15, 0.2) is 0 Å². The van der Waals surface area contributed by atoms with E-state index in [2.05, 4.69) is 0 Å². The van der Waals surface area contributed by atoms with Gasteiger partial charge in [-0.3, -0.25) is 19.2 Å². The lowest BCUT2D eigenvalue weighted by Crippen LogP contribution is -2.80. The second-order valence-corrected chi connectivity index (χ2v) is 4.68. The lowest BCUT2D eigenvalue weighted by molar-refractivity contribution is -0.228. The van der Waals surface area contributed by atoms with Crippen molar-refractivity contribution < 1.29 is 39.2 Å². The summed E-state index contributed by atoms with van der Waals surface area (Å²) < 4.78 is 4.90. The van der Waals surface area contributed by atoms with Crippen LogP contribution in [-0.2, 0) is 23.9 Å². The number of aliphatic hydroxyl groups is 3. The summed E-state index contributed by atoms with van der Waals surface area (Å²) in [4.78, 5) is 47.0. The average molecular weight is 336 g/mol. The average Bonchev–Trinajstić information content (AvgIpc) is 2.45. The number of nitrogens with two attached hydrogens (primary N) is 4. The molecule has 0 aliphatic heterocycles. The number of amides is 4. The van der Waals surface area contributed by atoms with Crippen LogP contribution in [0.2, 0.25) is 0 Å². The SMILES string of the molecule is CCOC(C(N)=O)(C(N)=O)C(CO)(CO)C(O)(C(N)=O)C(N)=O. The van der Waals surface area contributed by atoms with Crippen LogP contribution in [0.4, 0.5) is 0 Å². The van der Waals surface area contributed by atoms with E-state index in [1.165, 1.54) is 6.92 Å². The smallest absolute Gasteiger partial charge is 0.260 e. The molecule has 0 aliphatic carbocycles. The number of carbonyl (C=O) groups excluding carboxylic acids is 4. The predicted molar refractivity (Wildman–Crippen MR) is 72.7 cm³/mol. The minimum Gasteiger partial charge on any atom is -0.395 e. The van der Waals surface area contributed by atoms with Crippen molar-refractivity contribution in [3.63, 3.8) is 0 Å². The first-order valence-electron chi connectivity index (χ1n) is 6.23. The van der Waals surface area contributed by atoms with Gasteiger partial charge in [-0.05, 0) is 6.92 Å². The Morgan fingerprint density at radius 3 is 1.39 bits per heavy atom. The Labute approximate surface area is 130 Å². The number of ether oxygens (including phenoxy) is 1. The minimum absolute atomic E-state index is 0.443. The van der Waals surface area contributed by atoms with E-state index in [0.717, 1.165) is 0 Å². The van der Waals surface area contributed by atoms with Crippen LogP contribution in [0, 0.1) is 5.41 Å². The van der Waals surface area contributed by atoms with Crippen molar-refractivity contribution in [1.29, 1.82) is 0 Å². The molecule has 0 radical (unpaired) electrons. The maximum atomic E-state index is 11.9. The van der Waals surface area contributed by atoms with Crippen molar-refractivity contribution >= 4 is 23.6 Å². The van der Waals surface area contributed by atoms with Gasteiger partial charge in [0.25, 0.3) is 23.6 Å². The van der Waals surface area contributed by atoms with Crippen molar-refractivity contribution in [3.8, 4) is 0 Å². The molecule has 0 rings (SSSR count). The van der Waals surface area contributed by atoms with Crippen molar-refractivity contribution in [2.24, 2.45) is 28.3 Å². The van der Waals surface area contributed by atoms with E-state index in [-0.39, 0.29) is 0 Å². The summed E-state index contributed by atoms with van der Waals surface area (Å²) in [6.45, 7) is -2.23. The van der Waals surface area contributed by atoms with Crippen LogP contribution in [-0.4, -0.2) is 70.0 Å². The highest BCUT2D eigenvalue weighted by molar-refractivity contribution is 6.14. The molecule has 0 aromatic rings. The molecule has 0 atom stereocenters. The summed E-state index contributed by atoms with van der Waals surface area (Å²) in [5, 5.41) is 29.6. The molecule has 0 spiro atoms. The van der Waals surface area contributed by atoms with Gasteiger partial charge in [-0.1, -0.05) is 0 Å². The molecule has 0 aromatic heterocycles. The second kappa shape index (κ2) is 6.87. The van der Waals surface area contributed by atoms with E-state index in [1.807, 2.05) is 0 Å². The lowest BCUT2D eigenvalue weighted by Gasteiger charge is -2.49. The van der Waals surface area contributed by atoms with Crippen LogP contribution in [0.25, 0.3) is 0 Å². The van der Waals surface area contributed by atoms with Gasteiger partial charge < -0.3 is 43.0 Å². The normalized spacial score (nSPS) is 12.7. The van der Waals surface area contributed by atoms with Gasteiger partial charge in [0, 0.05) is 6.61 Å². The second-order valence-electron chi connectivity index (χ2n) is 4.68. The molecule has 0 unspecified atom stereocenters. The fraction of sp³-hybridized carbons (Fsp3) is 0.636. The van der Waals surface area contributed by atoms with Crippen molar-refractivity contribution in [2.45, 2.75) is 18.1 Å². The molecule has 0 saturated carbocycles. The van der Waals surface area contributed by atoms with Gasteiger partial charge in [-0.15, -0.1) is 0 Å². The zero-order valence-corrected chi connectivity index (χ0v) is 12.3. The number of rotatable bonds is 10. The summed E-state index contributed by atoms with van der Waals surface area (Å²) in [5.74, 6) is -7.09. The van der Waals surface area contributed by atoms with E-state index >= 15 is 0 Å².